The molecule has 0 aliphatic heterocycles. The Morgan fingerprint density at radius 2 is 2.35 bits per heavy atom. The van der Waals surface area contributed by atoms with Gasteiger partial charge in [0.05, 0.1) is 12.3 Å². The largest absolute Gasteiger partial charge is 0.478 e. The van der Waals surface area contributed by atoms with Crippen LogP contribution in [0.25, 0.3) is 0 Å². The van der Waals surface area contributed by atoms with Gasteiger partial charge in [-0.05, 0) is 25.7 Å². The summed E-state index contributed by atoms with van der Waals surface area (Å²) in [4.78, 5) is 21.4. The standard InChI is InChI=1S/C14H21N3O3/c1-10(11-3-4-11)17(5-6-20-2)8-13-12(14(18)19)7-15-9-16-13/h7,9-11H,3-6,8H2,1-2H3,(H,18,19). The fraction of sp³-hybridized carbons (Fsp3) is 0.643. The van der Waals surface area contributed by atoms with E-state index >= 15 is 0 Å². The quantitative estimate of drug-likeness (QED) is 0.775. The highest BCUT2D eigenvalue weighted by Gasteiger charge is 2.32. The number of rotatable bonds is 8. The molecule has 1 N–H and O–H groups in total. The molecule has 1 unspecified atom stereocenters. The molecule has 0 amide bonds. The number of aromatic carboxylic acids is 1. The zero-order chi connectivity index (χ0) is 14.5. The Kier molecular flexibility index (Phi) is 5.03. The van der Waals surface area contributed by atoms with Gasteiger partial charge in [0.1, 0.15) is 11.9 Å². The summed E-state index contributed by atoms with van der Waals surface area (Å²) in [6.07, 6.45) is 5.26. The normalized spacial score (nSPS) is 16.4. The molecule has 1 aromatic heterocycles. The van der Waals surface area contributed by atoms with Crippen molar-refractivity contribution >= 4 is 5.97 Å². The lowest BCUT2D eigenvalue weighted by atomic mass is 10.1. The predicted molar refractivity (Wildman–Crippen MR) is 73.5 cm³/mol. The first-order valence-electron chi connectivity index (χ1n) is 6.88. The highest BCUT2D eigenvalue weighted by atomic mass is 16.5. The molecule has 1 atom stereocenters. The van der Waals surface area contributed by atoms with E-state index in [4.69, 9.17) is 4.74 Å². The van der Waals surface area contributed by atoms with Crippen LogP contribution in [-0.2, 0) is 11.3 Å². The number of carboxylic acid groups (broad SMARTS) is 1. The van der Waals surface area contributed by atoms with Crippen LogP contribution in [0.4, 0.5) is 0 Å². The summed E-state index contributed by atoms with van der Waals surface area (Å²) < 4.78 is 5.15. The number of hydrogen-bond acceptors (Lipinski definition) is 5. The number of carbonyl (C=O) groups is 1. The summed E-state index contributed by atoms with van der Waals surface area (Å²) >= 11 is 0. The Labute approximate surface area is 118 Å². The van der Waals surface area contributed by atoms with Gasteiger partial charge >= 0.3 is 5.97 Å². The smallest absolute Gasteiger partial charge is 0.339 e. The number of ether oxygens (including phenoxy) is 1. The molecule has 0 spiro atoms. The summed E-state index contributed by atoms with van der Waals surface area (Å²) in [5, 5.41) is 9.19. The van der Waals surface area contributed by atoms with Crippen molar-refractivity contribution in [2.45, 2.75) is 32.4 Å². The molecule has 6 nitrogen and oxygen atoms in total. The van der Waals surface area contributed by atoms with Crippen molar-refractivity contribution in [1.29, 1.82) is 0 Å². The fourth-order valence-corrected chi connectivity index (χ4v) is 2.36. The summed E-state index contributed by atoms with van der Waals surface area (Å²) in [7, 11) is 1.67. The minimum absolute atomic E-state index is 0.179. The molecule has 1 heterocycles. The molecule has 1 aromatic rings. The third kappa shape index (κ3) is 3.74. The Hall–Kier alpha value is -1.53. The van der Waals surface area contributed by atoms with E-state index in [0.29, 0.717) is 30.8 Å². The molecule has 0 radical (unpaired) electrons. The number of hydrogen-bond donors (Lipinski definition) is 1. The zero-order valence-electron chi connectivity index (χ0n) is 12.0. The molecule has 110 valence electrons. The number of nitrogens with zero attached hydrogens (tertiary/aromatic N) is 3. The first kappa shape index (κ1) is 14.9. The van der Waals surface area contributed by atoms with Crippen LogP contribution in [0.1, 0.15) is 35.8 Å². The van der Waals surface area contributed by atoms with Crippen LogP contribution < -0.4 is 0 Å². The summed E-state index contributed by atoms with van der Waals surface area (Å²) in [5.41, 5.74) is 0.744. The van der Waals surface area contributed by atoms with Crippen LogP contribution in [0.3, 0.4) is 0 Å². The van der Waals surface area contributed by atoms with E-state index in [1.165, 1.54) is 25.4 Å². The first-order chi connectivity index (χ1) is 9.63. The van der Waals surface area contributed by atoms with Gasteiger partial charge in [-0.25, -0.2) is 14.8 Å². The molecule has 1 saturated carbocycles. The Balaban J connectivity index is 2.11. The minimum atomic E-state index is -0.980. The fourth-order valence-electron chi connectivity index (χ4n) is 2.36. The second-order valence-corrected chi connectivity index (χ2v) is 5.23. The van der Waals surface area contributed by atoms with Gasteiger partial charge in [-0.15, -0.1) is 0 Å². The van der Waals surface area contributed by atoms with Crippen molar-refractivity contribution in [3.63, 3.8) is 0 Å². The minimum Gasteiger partial charge on any atom is -0.478 e. The Morgan fingerprint density at radius 3 is 2.95 bits per heavy atom. The zero-order valence-corrected chi connectivity index (χ0v) is 12.0. The van der Waals surface area contributed by atoms with Gasteiger partial charge < -0.3 is 9.84 Å². The van der Waals surface area contributed by atoms with E-state index < -0.39 is 5.97 Å². The van der Waals surface area contributed by atoms with Crippen molar-refractivity contribution in [1.82, 2.24) is 14.9 Å². The van der Waals surface area contributed by atoms with Crippen molar-refractivity contribution in [2.75, 3.05) is 20.3 Å². The Bertz CT molecular complexity index is 463. The van der Waals surface area contributed by atoms with Crippen molar-refractivity contribution in [2.24, 2.45) is 5.92 Å². The average molecular weight is 279 g/mol. The monoisotopic (exact) mass is 279 g/mol. The third-order valence-corrected chi connectivity index (χ3v) is 3.84. The van der Waals surface area contributed by atoms with Crippen LogP contribution in [0.5, 0.6) is 0 Å². The van der Waals surface area contributed by atoms with Gasteiger partial charge in [0, 0.05) is 32.4 Å². The molecule has 6 heteroatoms. The van der Waals surface area contributed by atoms with Gasteiger partial charge in [0.25, 0.3) is 0 Å². The molecule has 1 aliphatic rings. The summed E-state index contributed by atoms with van der Waals surface area (Å²) in [6.45, 7) is 4.11. The molecular formula is C14H21N3O3. The lowest BCUT2D eigenvalue weighted by Gasteiger charge is -2.28. The highest BCUT2D eigenvalue weighted by molar-refractivity contribution is 5.88. The lowest BCUT2D eigenvalue weighted by Crippen LogP contribution is -2.37. The molecule has 0 saturated heterocycles. The van der Waals surface area contributed by atoms with Crippen LogP contribution in [-0.4, -0.2) is 52.2 Å². The number of methoxy groups -OCH3 is 1. The van der Waals surface area contributed by atoms with Gasteiger partial charge in [0.2, 0.25) is 0 Å². The van der Waals surface area contributed by atoms with Gasteiger partial charge in [0.15, 0.2) is 0 Å². The van der Waals surface area contributed by atoms with Crippen molar-refractivity contribution in [3.05, 3.63) is 23.8 Å². The molecule has 1 fully saturated rings. The molecule has 1 aliphatic carbocycles. The van der Waals surface area contributed by atoms with Crippen LogP contribution in [0.2, 0.25) is 0 Å². The average Bonchev–Trinajstić information content (AvgIpc) is 3.27. The van der Waals surface area contributed by atoms with E-state index in [9.17, 15) is 9.90 Å². The second-order valence-electron chi connectivity index (χ2n) is 5.23. The predicted octanol–water partition coefficient (Wildman–Crippen LogP) is 1.42. The highest BCUT2D eigenvalue weighted by Crippen LogP contribution is 2.35. The van der Waals surface area contributed by atoms with Crippen LogP contribution in [0, 0.1) is 5.92 Å². The van der Waals surface area contributed by atoms with Crippen molar-refractivity contribution in [3.8, 4) is 0 Å². The van der Waals surface area contributed by atoms with Crippen molar-refractivity contribution < 1.29 is 14.6 Å². The van der Waals surface area contributed by atoms with Gasteiger partial charge in [-0.1, -0.05) is 0 Å². The first-order valence-corrected chi connectivity index (χ1v) is 6.88. The van der Waals surface area contributed by atoms with E-state index in [1.54, 1.807) is 7.11 Å². The van der Waals surface area contributed by atoms with E-state index in [-0.39, 0.29) is 5.56 Å². The molecular weight excluding hydrogens is 258 g/mol. The maximum atomic E-state index is 11.2. The molecule has 0 bridgehead atoms. The molecule has 2 rings (SSSR count). The van der Waals surface area contributed by atoms with E-state index in [0.717, 1.165) is 6.54 Å². The second kappa shape index (κ2) is 6.76. The van der Waals surface area contributed by atoms with Gasteiger partial charge in [-0.3, -0.25) is 4.90 Å². The number of aromatic nitrogens is 2. The van der Waals surface area contributed by atoms with Gasteiger partial charge in [-0.2, -0.15) is 0 Å². The van der Waals surface area contributed by atoms with E-state index in [2.05, 4.69) is 21.8 Å². The third-order valence-electron chi connectivity index (χ3n) is 3.84. The number of carboxylic acids is 1. The van der Waals surface area contributed by atoms with E-state index in [1.807, 2.05) is 0 Å². The SMILES string of the molecule is COCCN(Cc1ncncc1C(=O)O)C(C)C1CC1. The topological polar surface area (TPSA) is 75.5 Å². The van der Waals surface area contributed by atoms with Crippen LogP contribution in [0.15, 0.2) is 12.5 Å². The summed E-state index contributed by atoms with van der Waals surface area (Å²) in [6, 6.07) is 0.418. The lowest BCUT2D eigenvalue weighted by molar-refractivity contribution is 0.0690. The van der Waals surface area contributed by atoms with Crippen LogP contribution >= 0.6 is 0 Å². The Morgan fingerprint density at radius 1 is 1.60 bits per heavy atom. The molecule has 20 heavy (non-hydrogen) atoms. The maximum absolute atomic E-state index is 11.2. The maximum Gasteiger partial charge on any atom is 0.339 e. The molecule has 0 aromatic carbocycles. The summed E-state index contributed by atoms with van der Waals surface area (Å²) in [5.74, 6) is -0.270.